The maximum absolute atomic E-state index is 13.5. The number of ether oxygens (including phenoxy) is 1. The summed E-state index contributed by atoms with van der Waals surface area (Å²) in [5.74, 6) is 0.288. The maximum atomic E-state index is 13.5. The van der Waals surface area contributed by atoms with Gasteiger partial charge in [-0.1, -0.05) is 37.6 Å². The van der Waals surface area contributed by atoms with Crippen molar-refractivity contribution in [3.8, 4) is 5.75 Å². The summed E-state index contributed by atoms with van der Waals surface area (Å²) < 4.78 is 21.0. The van der Waals surface area contributed by atoms with Crippen LogP contribution in [0, 0.1) is 5.82 Å². The van der Waals surface area contributed by atoms with Crippen molar-refractivity contribution in [3.63, 3.8) is 0 Å². The number of rotatable bonds is 9. The number of aromatic nitrogens is 1. The normalized spacial score (nSPS) is 10.7. The summed E-state index contributed by atoms with van der Waals surface area (Å²) >= 11 is 0. The number of unbranched alkanes of at least 4 members (excludes halogenated alkanes) is 1. The molecule has 3 rings (SSSR count). The number of hydrogen-bond acceptors (Lipinski definition) is 2. The molecule has 2 aromatic carbocycles. The predicted octanol–water partition coefficient (Wildman–Crippen LogP) is 5.13. The van der Waals surface area contributed by atoms with Crippen LogP contribution in [-0.2, 0) is 13.1 Å². The van der Waals surface area contributed by atoms with Gasteiger partial charge in [-0.15, -0.1) is 0 Å². The fraction of sp³-hybridized carbons (Fsp3) is 0.292. The number of hydrogen-bond donors (Lipinski definition) is 0. The Labute approximate surface area is 171 Å². The molecule has 0 fully saturated rings. The number of benzene rings is 2. The lowest BCUT2D eigenvalue weighted by molar-refractivity contribution is 0.0734. The summed E-state index contributed by atoms with van der Waals surface area (Å²) in [5, 5.41) is 0. The van der Waals surface area contributed by atoms with Crippen LogP contribution in [0.3, 0.4) is 0 Å². The third-order valence-electron chi connectivity index (χ3n) is 4.92. The topological polar surface area (TPSA) is 34.5 Å². The summed E-state index contributed by atoms with van der Waals surface area (Å²) in [4.78, 5) is 15.1. The van der Waals surface area contributed by atoms with Crippen molar-refractivity contribution in [1.29, 1.82) is 0 Å². The van der Waals surface area contributed by atoms with Crippen LogP contribution >= 0.6 is 0 Å². The third-order valence-corrected chi connectivity index (χ3v) is 4.92. The van der Waals surface area contributed by atoms with E-state index in [-0.39, 0.29) is 11.7 Å². The summed E-state index contributed by atoms with van der Waals surface area (Å²) in [6, 6.07) is 17.9. The lowest BCUT2D eigenvalue weighted by atomic mass is 10.1. The molecule has 29 heavy (non-hydrogen) atoms. The molecule has 5 heteroatoms. The van der Waals surface area contributed by atoms with Gasteiger partial charge in [0.1, 0.15) is 11.6 Å². The van der Waals surface area contributed by atoms with Crippen LogP contribution < -0.4 is 4.74 Å². The van der Waals surface area contributed by atoms with E-state index in [0.717, 1.165) is 24.1 Å². The molecule has 0 saturated heterocycles. The van der Waals surface area contributed by atoms with Crippen LogP contribution in [0.15, 0.2) is 66.9 Å². The second-order valence-electron chi connectivity index (χ2n) is 7.04. The fourth-order valence-electron chi connectivity index (χ4n) is 3.37. The lowest BCUT2D eigenvalue weighted by Gasteiger charge is -2.24. The number of para-hydroxylation sites is 1. The standard InChI is InChI=1S/C24H27FN2O2/c1-3-4-14-27(24(28)22-12-5-6-13-23(22)29-2)18-21-11-8-15-26(21)17-19-9-7-10-20(25)16-19/h5-13,15-16H,3-4,14,17-18H2,1-2H3. The Morgan fingerprint density at radius 3 is 2.69 bits per heavy atom. The van der Waals surface area contributed by atoms with Gasteiger partial charge in [-0.2, -0.15) is 0 Å². The van der Waals surface area contributed by atoms with Gasteiger partial charge < -0.3 is 14.2 Å². The smallest absolute Gasteiger partial charge is 0.257 e. The zero-order valence-electron chi connectivity index (χ0n) is 17.0. The first-order valence-electron chi connectivity index (χ1n) is 9.93. The molecule has 0 unspecified atom stereocenters. The van der Waals surface area contributed by atoms with Crippen LogP contribution in [0.1, 0.15) is 41.4 Å². The average Bonchev–Trinajstić information content (AvgIpc) is 3.17. The number of nitrogens with zero attached hydrogens (tertiary/aromatic N) is 2. The highest BCUT2D eigenvalue weighted by atomic mass is 19.1. The van der Waals surface area contributed by atoms with Crippen LogP contribution in [-0.4, -0.2) is 29.0 Å². The first-order valence-corrected chi connectivity index (χ1v) is 9.93. The minimum atomic E-state index is -0.243. The molecule has 0 radical (unpaired) electrons. The zero-order valence-corrected chi connectivity index (χ0v) is 17.0. The van der Waals surface area contributed by atoms with E-state index in [2.05, 4.69) is 11.5 Å². The van der Waals surface area contributed by atoms with E-state index in [1.165, 1.54) is 6.07 Å². The van der Waals surface area contributed by atoms with Gasteiger partial charge in [0, 0.05) is 25.0 Å². The number of amides is 1. The molecule has 4 nitrogen and oxygen atoms in total. The Morgan fingerprint density at radius 1 is 1.10 bits per heavy atom. The molecular formula is C24H27FN2O2. The molecule has 3 aromatic rings. The van der Waals surface area contributed by atoms with Crippen LogP contribution in [0.2, 0.25) is 0 Å². The number of methoxy groups -OCH3 is 1. The molecule has 1 aromatic heterocycles. The minimum absolute atomic E-state index is 0.0468. The van der Waals surface area contributed by atoms with E-state index < -0.39 is 0 Å². The van der Waals surface area contributed by atoms with Gasteiger partial charge in [0.15, 0.2) is 0 Å². The molecular weight excluding hydrogens is 367 g/mol. The van der Waals surface area contributed by atoms with E-state index in [0.29, 0.717) is 30.9 Å². The van der Waals surface area contributed by atoms with E-state index in [1.54, 1.807) is 31.4 Å². The van der Waals surface area contributed by atoms with Crippen molar-refractivity contribution in [2.75, 3.05) is 13.7 Å². The van der Waals surface area contributed by atoms with Crippen molar-refractivity contribution >= 4 is 5.91 Å². The van der Waals surface area contributed by atoms with Gasteiger partial charge in [0.05, 0.1) is 19.2 Å². The molecule has 0 saturated carbocycles. The molecule has 1 heterocycles. The average molecular weight is 394 g/mol. The lowest BCUT2D eigenvalue weighted by Crippen LogP contribution is -2.32. The zero-order chi connectivity index (χ0) is 20.6. The number of carbonyl (C=O) groups excluding carboxylic acids is 1. The molecule has 152 valence electrons. The Balaban J connectivity index is 1.82. The van der Waals surface area contributed by atoms with Crippen molar-refractivity contribution in [2.24, 2.45) is 0 Å². The molecule has 0 aliphatic rings. The van der Waals surface area contributed by atoms with Crippen molar-refractivity contribution in [1.82, 2.24) is 9.47 Å². The molecule has 1 amide bonds. The number of carbonyl (C=O) groups is 1. The SMILES string of the molecule is CCCCN(Cc1cccn1Cc1cccc(F)c1)C(=O)c1ccccc1OC. The molecule has 0 N–H and O–H groups in total. The number of halogens is 1. The van der Waals surface area contributed by atoms with E-state index >= 15 is 0 Å². The van der Waals surface area contributed by atoms with Gasteiger partial charge in [-0.05, 0) is 48.4 Å². The van der Waals surface area contributed by atoms with Gasteiger partial charge in [0.2, 0.25) is 0 Å². The highest BCUT2D eigenvalue weighted by Gasteiger charge is 2.20. The van der Waals surface area contributed by atoms with Crippen molar-refractivity contribution < 1.29 is 13.9 Å². The third kappa shape index (κ3) is 5.25. The maximum Gasteiger partial charge on any atom is 0.257 e. The van der Waals surface area contributed by atoms with Crippen LogP contribution in [0.25, 0.3) is 0 Å². The van der Waals surface area contributed by atoms with Crippen molar-refractivity contribution in [2.45, 2.75) is 32.9 Å². The summed E-state index contributed by atoms with van der Waals surface area (Å²) in [5.41, 5.74) is 2.46. The molecule has 0 bridgehead atoms. The first-order chi connectivity index (χ1) is 14.1. The highest BCUT2D eigenvalue weighted by molar-refractivity contribution is 5.96. The fourth-order valence-corrected chi connectivity index (χ4v) is 3.37. The first kappa shape index (κ1) is 20.6. The summed E-state index contributed by atoms with van der Waals surface area (Å²) in [6.07, 6.45) is 3.89. The molecule has 0 spiro atoms. The quantitative estimate of drug-likeness (QED) is 0.504. The summed E-state index contributed by atoms with van der Waals surface area (Å²) in [7, 11) is 1.58. The van der Waals surface area contributed by atoms with Crippen LogP contribution in [0.4, 0.5) is 4.39 Å². The van der Waals surface area contributed by atoms with Gasteiger partial charge in [0.25, 0.3) is 5.91 Å². The molecule has 0 aliphatic heterocycles. The van der Waals surface area contributed by atoms with E-state index in [9.17, 15) is 9.18 Å². The van der Waals surface area contributed by atoms with Gasteiger partial charge in [-0.3, -0.25) is 4.79 Å². The second kappa shape index (κ2) is 9.92. The Bertz CT molecular complexity index is 951. The van der Waals surface area contributed by atoms with E-state index in [4.69, 9.17) is 4.74 Å². The molecule has 0 atom stereocenters. The van der Waals surface area contributed by atoms with Crippen LogP contribution in [0.5, 0.6) is 5.75 Å². The molecule has 0 aliphatic carbocycles. The Hall–Kier alpha value is -3.08. The Kier molecular flexibility index (Phi) is 7.06. The monoisotopic (exact) mass is 394 g/mol. The largest absolute Gasteiger partial charge is 0.496 e. The Morgan fingerprint density at radius 2 is 1.93 bits per heavy atom. The second-order valence-corrected chi connectivity index (χ2v) is 7.04. The van der Waals surface area contributed by atoms with E-state index in [1.807, 2.05) is 41.4 Å². The minimum Gasteiger partial charge on any atom is -0.496 e. The van der Waals surface area contributed by atoms with Crippen molar-refractivity contribution in [3.05, 3.63) is 89.5 Å². The van der Waals surface area contributed by atoms with Gasteiger partial charge in [-0.25, -0.2) is 4.39 Å². The predicted molar refractivity (Wildman–Crippen MR) is 113 cm³/mol. The highest BCUT2D eigenvalue weighted by Crippen LogP contribution is 2.21. The van der Waals surface area contributed by atoms with Gasteiger partial charge >= 0.3 is 0 Å². The summed E-state index contributed by atoms with van der Waals surface area (Å²) in [6.45, 7) is 3.82.